The molecule has 0 saturated carbocycles. The molecule has 3 rings (SSSR count). The van der Waals surface area contributed by atoms with Crippen molar-refractivity contribution in [1.82, 2.24) is 9.88 Å². The molecular formula is C17H20N2O2. The van der Waals surface area contributed by atoms with Gasteiger partial charge in [-0.2, -0.15) is 0 Å². The maximum absolute atomic E-state index is 11.5. The van der Waals surface area contributed by atoms with Gasteiger partial charge in [0.15, 0.2) is 0 Å². The number of hydrogen-bond donors (Lipinski definition) is 1. The van der Waals surface area contributed by atoms with Crippen LogP contribution in [0.3, 0.4) is 0 Å². The Hall–Kier alpha value is -1.94. The maximum Gasteiger partial charge on any atom is 0.310 e. The number of fused-ring (bicyclic) bond motifs is 1. The summed E-state index contributed by atoms with van der Waals surface area (Å²) in [6.45, 7) is 4.23. The van der Waals surface area contributed by atoms with Crippen LogP contribution in [0.4, 0.5) is 0 Å². The fourth-order valence-electron chi connectivity index (χ4n) is 3.22. The summed E-state index contributed by atoms with van der Waals surface area (Å²) >= 11 is 0. The first-order chi connectivity index (χ1) is 10.1. The van der Waals surface area contributed by atoms with Crippen molar-refractivity contribution >= 4 is 16.7 Å². The minimum Gasteiger partial charge on any atom is -0.481 e. The lowest BCUT2D eigenvalue weighted by Crippen LogP contribution is -2.45. The molecule has 1 aliphatic rings. The summed E-state index contributed by atoms with van der Waals surface area (Å²) in [7, 11) is 0. The minimum absolute atomic E-state index is 0.615. The zero-order valence-corrected chi connectivity index (χ0v) is 12.2. The van der Waals surface area contributed by atoms with E-state index in [0.717, 1.165) is 31.3 Å². The Morgan fingerprint density at radius 1 is 1.43 bits per heavy atom. The number of rotatable bonds is 3. The van der Waals surface area contributed by atoms with Gasteiger partial charge in [0.05, 0.1) is 5.41 Å². The molecule has 2 aromatic rings. The monoisotopic (exact) mass is 284 g/mol. The first-order valence-corrected chi connectivity index (χ1v) is 7.36. The number of carboxylic acids is 1. The molecule has 0 bridgehead atoms. The summed E-state index contributed by atoms with van der Waals surface area (Å²) in [5.41, 5.74) is 0.620. The Kier molecular flexibility index (Phi) is 3.64. The van der Waals surface area contributed by atoms with Gasteiger partial charge in [-0.1, -0.05) is 18.2 Å². The highest BCUT2D eigenvalue weighted by atomic mass is 16.4. The largest absolute Gasteiger partial charge is 0.481 e. The fraction of sp³-hybridized carbons (Fsp3) is 0.412. The molecule has 4 nitrogen and oxygen atoms in total. The normalized spacial score (nSPS) is 23.3. The Labute approximate surface area is 124 Å². The first kappa shape index (κ1) is 14.0. The van der Waals surface area contributed by atoms with Crippen LogP contribution < -0.4 is 0 Å². The minimum atomic E-state index is -0.686. The zero-order valence-electron chi connectivity index (χ0n) is 12.2. The number of hydrogen-bond acceptors (Lipinski definition) is 3. The number of aliphatic carboxylic acids is 1. The van der Waals surface area contributed by atoms with Crippen molar-refractivity contribution in [2.75, 3.05) is 13.1 Å². The average Bonchev–Trinajstić information content (AvgIpc) is 2.48. The van der Waals surface area contributed by atoms with Crippen molar-refractivity contribution in [2.45, 2.75) is 26.3 Å². The lowest BCUT2D eigenvalue weighted by molar-refractivity contribution is -0.151. The van der Waals surface area contributed by atoms with E-state index in [1.54, 1.807) is 0 Å². The molecule has 1 fully saturated rings. The van der Waals surface area contributed by atoms with Crippen LogP contribution >= 0.6 is 0 Å². The average molecular weight is 284 g/mol. The van der Waals surface area contributed by atoms with Crippen LogP contribution in [0.1, 0.15) is 25.3 Å². The Bertz CT molecular complexity index is 665. The second-order valence-corrected chi connectivity index (χ2v) is 6.19. The summed E-state index contributed by atoms with van der Waals surface area (Å²) < 4.78 is 0. The maximum atomic E-state index is 11.5. The smallest absolute Gasteiger partial charge is 0.310 e. The van der Waals surface area contributed by atoms with Gasteiger partial charge in [0.2, 0.25) is 0 Å². The lowest BCUT2D eigenvalue weighted by atomic mass is 9.82. The second-order valence-electron chi connectivity index (χ2n) is 6.19. The Morgan fingerprint density at radius 2 is 2.29 bits per heavy atom. The molecule has 0 aliphatic carbocycles. The van der Waals surface area contributed by atoms with Crippen LogP contribution in [0.2, 0.25) is 0 Å². The summed E-state index contributed by atoms with van der Waals surface area (Å²) in [5.74, 6) is -0.686. The molecule has 1 aliphatic heterocycles. The number of carboxylic acid groups (broad SMARTS) is 1. The molecule has 21 heavy (non-hydrogen) atoms. The number of likely N-dealkylation sites (tertiary alicyclic amines) is 1. The van der Waals surface area contributed by atoms with E-state index < -0.39 is 11.4 Å². The van der Waals surface area contributed by atoms with Crippen LogP contribution in [-0.2, 0) is 11.3 Å². The van der Waals surface area contributed by atoms with E-state index in [1.807, 2.05) is 31.5 Å². The molecule has 1 aromatic heterocycles. The molecule has 2 heterocycles. The van der Waals surface area contributed by atoms with E-state index in [1.165, 1.54) is 10.9 Å². The molecule has 0 spiro atoms. The quantitative estimate of drug-likeness (QED) is 0.941. The van der Waals surface area contributed by atoms with Crippen molar-refractivity contribution in [3.63, 3.8) is 0 Å². The third-order valence-electron chi connectivity index (χ3n) is 4.46. The van der Waals surface area contributed by atoms with Gasteiger partial charge in [-0.3, -0.25) is 14.7 Å². The third kappa shape index (κ3) is 2.76. The zero-order chi connectivity index (χ0) is 14.9. The first-order valence-electron chi connectivity index (χ1n) is 7.36. The van der Waals surface area contributed by atoms with Crippen LogP contribution in [-0.4, -0.2) is 34.0 Å². The highest BCUT2D eigenvalue weighted by Crippen LogP contribution is 2.31. The molecule has 0 radical (unpaired) electrons. The van der Waals surface area contributed by atoms with Gasteiger partial charge in [-0.15, -0.1) is 0 Å². The van der Waals surface area contributed by atoms with Crippen molar-refractivity contribution in [1.29, 1.82) is 0 Å². The van der Waals surface area contributed by atoms with Gasteiger partial charge in [0.25, 0.3) is 0 Å². The summed E-state index contributed by atoms with van der Waals surface area (Å²) in [6.07, 6.45) is 5.38. The van der Waals surface area contributed by atoms with Gasteiger partial charge >= 0.3 is 5.97 Å². The molecule has 1 unspecified atom stereocenters. The summed E-state index contributed by atoms with van der Waals surface area (Å²) in [5, 5.41) is 11.8. The van der Waals surface area contributed by atoms with Gasteiger partial charge in [-0.05, 0) is 43.3 Å². The van der Waals surface area contributed by atoms with Crippen molar-refractivity contribution in [3.8, 4) is 0 Å². The topological polar surface area (TPSA) is 53.4 Å². The van der Waals surface area contributed by atoms with Crippen LogP contribution in [0, 0.1) is 5.41 Å². The van der Waals surface area contributed by atoms with Gasteiger partial charge in [-0.25, -0.2) is 0 Å². The number of pyridine rings is 1. The van der Waals surface area contributed by atoms with E-state index >= 15 is 0 Å². The molecule has 1 saturated heterocycles. The number of piperidine rings is 1. The van der Waals surface area contributed by atoms with Crippen molar-refractivity contribution in [2.24, 2.45) is 5.41 Å². The molecule has 1 N–H and O–H groups in total. The number of benzene rings is 1. The predicted octanol–water partition coefficient (Wildman–Crippen LogP) is 2.92. The highest BCUT2D eigenvalue weighted by Gasteiger charge is 2.37. The standard InChI is InChI=1S/C17H20N2O2/c1-17(16(20)21)7-3-9-19(12-17)11-14-5-2-4-13-10-18-8-6-15(13)14/h2,4-6,8,10H,3,7,9,11-12H2,1H3,(H,20,21). The molecule has 0 amide bonds. The van der Waals surface area contributed by atoms with Crippen molar-refractivity contribution in [3.05, 3.63) is 42.2 Å². The van der Waals surface area contributed by atoms with Gasteiger partial charge in [0.1, 0.15) is 0 Å². The highest BCUT2D eigenvalue weighted by molar-refractivity contribution is 5.84. The molecule has 1 atom stereocenters. The fourth-order valence-corrected chi connectivity index (χ4v) is 3.22. The van der Waals surface area contributed by atoms with E-state index in [2.05, 4.69) is 22.0 Å². The van der Waals surface area contributed by atoms with Crippen LogP contribution in [0.25, 0.3) is 10.8 Å². The number of nitrogens with zero attached hydrogens (tertiary/aromatic N) is 2. The molecular weight excluding hydrogens is 264 g/mol. The molecule has 1 aromatic carbocycles. The van der Waals surface area contributed by atoms with E-state index in [4.69, 9.17) is 0 Å². The Morgan fingerprint density at radius 3 is 3.10 bits per heavy atom. The van der Waals surface area contributed by atoms with Crippen molar-refractivity contribution < 1.29 is 9.90 Å². The van der Waals surface area contributed by atoms with Crippen LogP contribution in [0.5, 0.6) is 0 Å². The predicted molar refractivity (Wildman–Crippen MR) is 82.0 cm³/mol. The molecule has 110 valence electrons. The molecule has 4 heteroatoms. The summed E-state index contributed by atoms with van der Waals surface area (Å²) in [4.78, 5) is 17.9. The summed E-state index contributed by atoms with van der Waals surface area (Å²) in [6, 6.07) is 8.25. The van der Waals surface area contributed by atoms with E-state index in [0.29, 0.717) is 6.54 Å². The third-order valence-corrected chi connectivity index (χ3v) is 4.46. The van der Waals surface area contributed by atoms with Gasteiger partial charge < -0.3 is 5.11 Å². The lowest BCUT2D eigenvalue weighted by Gasteiger charge is -2.37. The van der Waals surface area contributed by atoms with Crippen LogP contribution in [0.15, 0.2) is 36.7 Å². The van der Waals surface area contributed by atoms with E-state index in [-0.39, 0.29) is 0 Å². The SMILES string of the molecule is CC1(C(=O)O)CCCN(Cc2cccc3cnccc23)C1. The second kappa shape index (κ2) is 5.45. The van der Waals surface area contributed by atoms with E-state index in [9.17, 15) is 9.90 Å². The Balaban J connectivity index is 1.84. The number of carbonyl (C=O) groups is 1. The number of aromatic nitrogens is 1. The van der Waals surface area contributed by atoms with Gasteiger partial charge in [0, 0.05) is 30.9 Å².